The van der Waals surface area contributed by atoms with E-state index < -0.39 is 0 Å². The first-order chi connectivity index (χ1) is 7.66. The van der Waals surface area contributed by atoms with Gasteiger partial charge in [-0.05, 0) is 38.0 Å². The van der Waals surface area contributed by atoms with Crippen molar-refractivity contribution >= 4 is 11.3 Å². The molecule has 0 aliphatic carbocycles. The molecule has 0 bridgehead atoms. The molecule has 0 aromatic carbocycles. The smallest absolute Gasteiger partial charge is 0.0900 e. The summed E-state index contributed by atoms with van der Waals surface area (Å²) in [5.74, 6) is 0. The summed E-state index contributed by atoms with van der Waals surface area (Å²) in [6.45, 7) is 4.03. The molecule has 0 fully saturated rings. The van der Waals surface area contributed by atoms with Gasteiger partial charge in [-0.25, -0.2) is 4.98 Å². The summed E-state index contributed by atoms with van der Waals surface area (Å²) >= 11 is 1.69. The first kappa shape index (κ1) is 11.2. The van der Waals surface area contributed by atoms with Crippen LogP contribution in [0.2, 0.25) is 0 Å². The fourth-order valence-corrected chi connectivity index (χ4v) is 2.69. The normalized spacial score (nSPS) is 12.7. The van der Waals surface area contributed by atoms with E-state index in [0.29, 0.717) is 0 Å². The van der Waals surface area contributed by atoms with E-state index in [1.165, 1.54) is 10.4 Å². The van der Waals surface area contributed by atoms with Gasteiger partial charge in [0.1, 0.15) is 0 Å². The quantitative estimate of drug-likeness (QED) is 0.885. The fourth-order valence-electron chi connectivity index (χ4n) is 1.76. The van der Waals surface area contributed by atoms with Crippen molar-refractivity contribution < 1.29 is 0 Å². The summed E-state index contributed by atoms with van der Waals surface area (Å²) in [7, 11) is 0. The van der Waals surface area contributed by atoms with Crippen LogP contribution >= 0.6 is 11.3 Å². The number of nitrogens with zero attached hydrogens (tertiary/aromatic N) is 2. The van der Waals surface area contributed by atoms with Gasteiger partial charge in [0.25, 0.3) is 0 Å². The SMILES string of the molecule is Cc1nc(C)c(C(N)Cc2ccncc2)s1. The second-order valence-electron chi connectivity index (χ2n) is 3.85. The number of hydrogen-bond donors (Lipinski definition) is 1. The van der Waals surface area contributed by atoms with E-state index in [0.717, 1.165) is 17.1 Å². The van der Waals surface area contributed by atoms with Crippen LogP contribution in [0.25, 0.3) is 0 Å². The Labute approximate surface area is 99.4 Å². The van der Waals surface area contributed by atoms with Crippen molar-refractivity contribution in [3.63, 3.8) is 0 Å². The number of aromatic nitrogens is 2. The van der Waals surface area contributed by atoms with Crippen LogP contribution in [-0.2, 0) is 6.42 Å². The lowest BCUT2D eigenvalue weighted by Gasteiger charge is -2.09. The van der Waals surface area contributed by atoms with Gasteiger partial charge in [-0.2, -0.15) is 0 Å². The Balaban J connectivity index is 2.14. The number of hydrogen-bond acceptors (Lipinski definition) is 4. The Morgan fingerprint density at radius 1 is 1.31 bits per heavy atom. The molecule has 2 aromatic heterocycles. The van der Waals surface area contributed by atoms with E-state index in [-0.39, 0.29) is 6.04 Å². The first-order valence-corrected chi connectivity index (χ1v) is 6.07. The molecule has 16 heavy (non-hydrogen) atoms. The van der Waals surface area contributed by atoms with Crippen LogP contribution in [0, 0.1) is 13.8 Å². The number of aryl methyl sites for hydroxylation is 2. The van der Waals surface area contributed by atoms with Gasteiger partial charge in [0.05, 0.1) is 10.7 Å². The average molecular weight is 233 g/mol. The molecule has 2 rings (SSSR count). The van der Waals surface area contributed by atoms with Crippen LogP contribution in [0.1, 0.15) is 27.2 Å². The molecule has 1 unspecified atom stereocenters. The van der Waals surface area contributed by atoms with Gasteiger partial charge in [-0.3, -0.25) is 4.98 Å². The number of nitrogens with two attached hydrogens (primary N) is 1. The Bertz CT molecular complexity index is 464. The standard InChI is InChI=1S/C12H15N3S/c1-8-12(16-9(2)15-8)11(13)7-10-3-5-14-6-4-10/h3-6,11H,7,13H2,1-2H3. The van der Waals surface area contributed by atoms with Gasteiger partial charge in [-0.1, -0.05) is 0 Å². The topological polar surface area (TPSA) is 51.8 Å². The maximum Gasteiger partial charge on any atom is 0.0900 e. The van der Waals surface area contributed by atoms with Crippen LogP contribution < -0.4 is 5.73 Å². The van der Waals surface area contributed by atoms with Crippen molar-refractivity contribution in [3.8, 4) is 0 Å². The number of pyridine rings is 1. The molecular formula is C12H15N3S. The molecule has 0 aliphatic rings. The van der Waals surface area contributed by atoms with Crippen molar-refractivity contribution in [1.29, 1.82) is 0 Å². The first-order valence-electron chi connectivity index (χ1n) is 5.25. The molecule has 0 saturated heterocycles. The van der Waals surface area contributed by atoms with Crippen molar-refractivity contribution in [2.75, 3.05) is 0 Å². The van der Waals surface area contributed by atoms with E-state index >= 15 is 0 Å². The van der Waals surface area contributed by atoms with E-state index in [9.17, 15) is 0 Å². The van der Waals surface area contributed by atoms with Gasteiger partial charge >= 0.3 is 0 Å². The zero-order valence-corrected chi connectivity index (χ0v) is 10.3. The highest BCUT2D eigenvalue weighted by atomic mass is 32.1. The van der Waals surface area contributed by atoms with Crippen molar-refractivity contribution in [1.82, 2.24) is 9.97 Å². The Morgan fingerprint density at radius 2 is 2.00 bits per heavy atom. The second-order valence-corrected chi connectivity index (χ2v) is 5.08. The van der Waals surface area contributed by atoms with Gasteiger partial charge in [0.2, 0.25) is 0 Å². The molecule has 2 aromatic rings. The Morgan fingerprint density at radius 3 is 2.56 bits per heavy atom. The largest absolute Gasteiger partial charge is 0.323 e. The molecule has 1 atom stereocenters. The number of rotatable bonds is 3. The van der Waals surface area contributed by atoms with Gasteiger partial charge in [0, 0.05) is 23.3 Å². The highest BCUT2D eigenvalue weighted by Gasteiger charge is 2.13. The third-order valence-electron chi connectivity index (χ3n) is 2.48. The second kappa shape index (κ2) is 4.72. The zero-order valence-electron chi connectivity index (χ0n) is 9.47. The summed E-state index contributed by atoms with van der Waals surface area (Å²) in [6.07, 6.45) is 4.44. The van der Waals surface area contributed by atoms with Gasteiger partial charge in [-0.15, -0.1) is 11.3 Å². The average Bonchev–Trinajstić information content (AvgIpc) is 2.59. The molecule has 0 saturated carbocycles. The van der Waals surface area contributed by atoms with Crippen LogP contribution in [0.4, 0.5) is 0 Å². The highest BCUT2D eigenvalue weighted by molar-refractivity contribution is 7.11. The predicted molar refractivity (Wildman–Crippen MR) is 66.5 cm³/mol. The summed E-state index contributed by atoms with van der Waals surface area (Å²) in [4.78, 5) is 9.59. The number of thiazole rings is 1. The summed E-state index contributed by atoms with van der Waals surface area (Å²) in [6, 6.07) is 4.04. The van der Waals surface area contributed by atoms with E-state index in [1.807, 2.05) is 26.0 Å². The lowest BCUT2D eigenvalue weighted by molar-refractivity contribution is 0.728. The molecule has 4 heteroatoms. The molecular weight excluding hydrogens is 218 g/mol. The van der Waals surface area contributed by atoms with Crippen molar-refractivity contribution in [3.05, 3.63) is 45.7 Å². The maximum absolute atomic E-state index is 6.19. The molecule has 0 amide bonds. The molecule has 0 spiro atoms. The molecule has 3 nitrogen and oxygen atoms in total. The van der Waals surface area contributed by atoms with Crippen LogP contribution in [0.3, 0.4) is 0 Å². The van der Waals surface area contributed by atoms with E-state index in [1.54, 1.807) is 23.7 Å². The fraction of sp³-hybridized carbons (Fsp3) is 0.333. The highest BCUT2D eigenvalue weighted by Crippen LogP contribution is 2.25. The van der Waals surface area contributed by atoms with Crippen molar-refractivity contribution in [2.24, 2.45) is 5.73 Å². The molecule has 84 valence electrons. The summed E-state index contributed by atoms with van der Waals surface area (Å²) in [5.41, 5.74) is 8.47. The summed E-state index contributed by atoms with van der Waals surface area (Å²) < 4.78 is 0. The molecule has 2 N–H and O–H groups in total. The van der Waals surface area contributed by atoms with E-state index in [4.69, 9.17) is 5.73 Å². The lowest BCUT2D eigenvalue weighted by atomic mass is 10.1. The zero-order chi connectivity index (χ0) is 11.5. The van der Waals surface area contributed by atoms with E-state index in [2.05, 4.69) is 9.97 Å². The van der Waals surface area contributed by atoms with Gasteiger partial charge < -0.3 is 5.73 Å². The predicted octanol–water partition coefficient (Wildman–Crippen LogP) is 2.40. The maximum atomic E-state index is 6.19. The minimum atomic E-state index is 0.0357. The third kappa shape index (κ3) is 2.46. The van der Waals surface area contributed by atoms with Crippen molar-refractivity contribution in [2.45, 2.75) is 26.3 Å². The molecule has 0 radical (unpaired) electrons. The monoisotopic (exact) mass is 233 g/mol. The van der Waals surface area contributed by atoms with Gasteiger partial charge in [0.15, 0.2) is 0 Å². The molecule has 0 aliphatic heterocycles. The van der Waals surface area contributed by atoms with Crippen LogP contribution in [0.5, 0.6) is 0 Å². The minimum absolute atomic E-state index is 0.0357. The summed E-state index contributed by atoms with van der Waals surface area (Å²) in [5, 5.41) is 1.08. The van der Waals surface area contributed by atoms with Crippen LogP contribution in [-0.4, -0.2) is 9.97 Å². The van der Waals surface area contributed by atoms with Crippen LogP contribution in [0.15, 0.2) is 24.5 Å². The minimum Gasteiger partial charge on any atom is -0.323 e. The lowest BCUT2D eigenvalue weighted by Crippen LogP contribution is -2.13. The third-order valence-corrected chi connectivity index (χ3v) is 3.69. The molecule has 2 heterocycles. The Kier molecular flexibility index (Phi) is 3.31. The Hall–Kier alpha value is -1.26.